The van der Waals surface area contributed by atoms with Crippen LogP contribution in [0.4, 0.5) is 8.78 Å². The first-order chi connectivity index (χ1) is 9.97. The lowest BCUT2D eigenvalue weighted by Gasteiger charge is -2.24. The Bertz CT molecular complexity index is 522. The van der Waals surface area contributed by atoms with E-state index in [1.54, 1.807) is 19.2 Å². The van der Waals surface area contributed by atoms with Crippen molar-refractivity contribution in [3.63, 3.8) is 0 Å². The van der Waals surface area contributed by atoms with Crippen molar-refractivity contribution >= 4 is 5.91 Å². The average molecular weight is 298 g/mol. The molecule has 2 rings (SSSR count). The number of ether oxygens (including phenoxy) is 1. The summed E-state index contributed by atoms with van der Waals surface area (Å²) in [5, 5.41) is 3.13. The first-order valence-corrected chi connectivity index (χ1v) is 6.97. The summed E-state index contributed by atoms with van der Waals surface area (Å²) in [7, 11) is 1.58. The average Bonchev–Trinajstić information content (AvgIpc) is 2.75. The third-order valence-electron chi connectivity index (χ3n) is 3.73. The molecule has 0 saturated carbocycles. The van der Waals surface area contributed by atoms with E-state index in [9.17, 15) is 13.6 Å². The number of carbonyl (C=O) groups is 1. The fraction of sp³-hybridized carbons (Fsp3) is 0.533. The zero-order valence-corrected chi connectivity index (χ0v) is 12.4. The number of hydrogen-bond donors (Lipinski definition) is 1. The van der Waals surface area contributed by atoms with Gasteiger partial charge in [0.25, 0.3) is 6.43 Å². The molecule has 1 aliphatic rings. The number of amides is 1. The number of methoxy groups -OCH3 is 1. The van der Waals surface area contributed by atoms with E-state index in [0.717, 1.165) is 16.9 Å². The highest BCUT2D eigenvalue weighted by Gasteiger charge is 2.39. The maximum Gasteiger partial charge on any atom is 0.255 e. The smallest absolute Gasteiger partial charge is 0.255 e. The van der Waals surface area contributed by atoms with Crippen LogP contribution in [0.15, 0.2) is 18.2 Å². The zero-order valence-electron chi connectivity index (χ0n) is 12.4. The number of halogens is 2. The minimum Gasteiger partial charge on any atom is -0.496 e. The van der Waals surface area contributed by atoms with Crippen molar-refractivity contribution < 1.29 is 18.3 Å². The van der Waals surface area contributed by atoms with E-state index in [0.29, 0.717) is 6.42 Å². The molecule has 2 atom stereocenters. The Morgan fingerprint density at radius 3 is 2.67 bits per heavy atom. The molecule has 0 bridgehead atoms. The molecule has 1 amide bonds. The highest BCUT2D eigenvalue weighted by Crippen LogP contribution is 2.30. The summed E-state index contributed by atoms with van der Waals surface area (Å²) in [4.78, 5) is 13.4. The van der Waals surface area contributed by atoms with Gasteiger partial charge in [-0.25, -0.2) is 8.78 Å². The monoisotopic (exact) mass is 298 g/mol. The van der Waals surface area contributed by atoms with Gasteiger partial charge in [0.2, 0.25) is 5.91 Å². The van der Waals surface area contributed by atoms with E-state index in [2.05, 4.69) is 5.32 Å². The van der Waals surface area contributed by atoms with E-state index < -0.39 is 25.2 Å². The minimum atomic E-state index is -2.55. The molecule has 4 nitrogen and oxygen atoms in total. The predicted molar refractivity (Wildman–Crippen MR) is 75.4 cm³/mol. The Labute approximate surface area is 123 Å². The van der Waals surface area contributed by atoms with Gasteiger partial charge in [-0.3, -0.25) is 10.1 Å². The summed E-state index contributed by atoms with van der Waals surface area (Å²) in [5.74, 6) is 0.465. The van der Waals surface area contributed by atoms with Gasteiger partial charge in [-0.05, 0) is 36.6 Å². The van der Waals surface area contributed by atoms with Gasteiger partial charge < -0.3 is 9.64 Å². The largest absolute Gasteiger partial charge is 0.496 e. The minimum absolute atomic E-state index is 0.267. The fourth-order valence-electron chi connectivity index (χ4n) is 2.66. The second-order valence-corrected chi connectivity index (χ2v) is 5.14. The number of hydrogen-bond acceptors (Lipinski definition) is 3. The molecule has 2 unspecified atom stereocenters. The van der Waals surface area contributed by atoms with Crippen LogP contribution in [-0.2, 0) is 4.79 Å². The van der Waals surface area contributed by atoms with Gasteiger partial charge in [0.1, 0.15) is 11.9 Å². The van der Waals surface area contributed by atoms with Crippen LogP contribution in [0.3, 0.4) is 0 Å². The molecule has 0 aromatic heterocycles. The topological polar surface area (TPSA) is 41.6 Å². The Hall–Kier alpha value is -1.69. The fourth-order valence-corrected chi connectivity index (χ4v) is 2.66. The highest BCUT2D eigenvalue weighted by molar-refractivity contribution is 5.84. The van der Waals surface area contributed by atoms with Crippen LogP contribution in [0.5, 0.6) is 5.75 Å². The van der Waals surface area contributed by atoms with Crippen LogP contribution in [0, 0.1) is 6.92 Å². The van der Waals surface area contributed by atoms with Crippen LogP contribution in [0.2, 0.25) is 0 Å². The number of aryl methyl sites for hydroxylation is 1. The van der Waals surface area contributed by atoms with E-state index in [4.69, 9.17) is 4.74 Å². The second-order valence-electron chi connectivity index (χ2n) is 5.14. The van der Waals surface area contributed by atoms with Crippen LogP contribution < -0.4 is 10.1 Å². The molecule has 1 aliphatic heterocycles. The molecule has 1 fully saturated rings. The number of carbonyl (C=O) groups excluding carboxylic acids is 1. The standard InChI is InChI=1S/C15H20F2N2O2/c1-4-11-15(20)19(8-13(16)17)14(18-11)10-5-6-12(21-3)9(2)7-10/h5-7,11,13-14,18H,4,8H2,1-3H3. The van der Waals surface area contributed by atoms with Crippen molar-refractivity contribution in [3.8, 4) is 5.75 Å². The van der Waals surface area contributed by atoms with Crippen molar-refractivity contribution in [2.45, 2.75) is 38.9 Å². The van der Waals surface area contributed by atoms with Crippen molar-refractivity contribution in [2.75, 3.05) is 13.7 Å². The molecular formula is C15H20F2N2O2. The van der Waals surface area contributed by atoms with Gasteiger partial charge in [-0.2, -0.15) is 0 Å². The second kappa shape index (κ2) is 6.39. The van der Waals surface area contributed by atoms with Gasteiger partial charge in [-0.1, -0.05) is 13.0 Å². The lowest BCUT2D eigenvalue weighted by Crippen LogP contribution is -2.35. The highest BCUT2D eigenvalue weighted by atomic mass is 19.3. The number of benzene rings is 1. The first kappa shape index (κ1) is 15.7. The molecule has 1 aromatic rings. The van der Waals surface area contributed by atoms with Gasteiger partial charge in [0.05, 0.1) is 19.7 Å². The van der Waals surface area contributed by atoms with Crippen LogP contribution in [0.25, 0.3) is 0 Å². The Kier molecular flexibility index (Phi) is 4.77. The summed E-state index contributed by atoms with van der Waals surface area (Å²) in [5.41, 5.74) is 1.69. The predicted octanol–water partition coefficient (Wildman–Crippen LogP) is 2.48. The van der Waals surface area contributed by atoms with E-state index >= 15 is 0 Å². The third kappa shape index (κ3) is 3.15. The lowest BCUT2D eigenvalue weighted by molar-refractivity contribution is -0.132. The lowest BCUT2D eigenvalue weighted by atomic mass is 10.1. The van der Waals surface area contributed by atoms with Gasteiger partial charge >= 0.3 is 0 Å². The molecule has 1 saturated heterocycles. The normalized spacial score (nSPS) is 22.2. The molecular weight excluding hydrogens is 278 g/mol. The summed E-state index contributed by atoms with van der Waals surface area (Å²) >= 11 is 0. The third-order valence-corrected chi connectivity index (χ3v) is 3.73. The molecule has 1 aromatic carbocycles. The van der Waals surface area contributed by atoms with Gasteiger partial charge in [0.15, 0.2) is 0 Å². The molecule has 1 heterocycles. The van der Waals surface area contributed by atoms with Crippen LogP contribution in [0.1, 0.15) is 30.6 Å². The first-order valence-electron chi connectivity index (χ1n) is 6.97. The number of nitrogens with one attached hydrogen (secondary N) is 1. The van der Waals surface area contributed by atoms with Crippen LogP contribution in [-0.4, -0.2) is 36.9 Å². The Balaban J connectivity index is 2.31. The van der Waals surface area contributed by atoms with Crippen molar-refractivity contribution in [2.24, 2.45) is 0 Å². The maximum atomic E-state index is 12.7. The SMILES string of the molecule is CCC1NC(c2ccc(OC)c(C)c2)N(CC(F)F)C1=O. The number of rotatable bonds is 5. The van der Waals surface area contributed by atoms with E-state index in [1.807, 2.05) is 19.9 Å². The molecule has 0 aliphatic carbocycles. The zero-order chi connectivity index (χ0) is 15.6. The quantitative estimate of drug-likeness (QED) is 0.908. The molecule has 6 heteroatoms. The molecule has 0 radical (unpaired) electrons. The van der Waals surface area contributed by atoms with Crippen LogP contribution >= 0.6 is 0 Å². The van der Waals surface area contributed by atoms with Crippen molar-refractivity contribution in [1.29, 1.82) is 0 Å². The Morgan fingerprint density at radius 1 is 1.43 bits per heavy atom. The molecule has 0 spiro atoms. The van der Waals surface area contributed by atoms with Crippen molar-refractivity contribution in [3.05, 3.63) is 29.3 Å². The number of alkyl halides is 2. The maximum absolute atomic E-state index is 12.7. The summed E-state index contributed by atoms with van der Waals surface area (Å²) in [6.45, 7) is 3.18. The molecule has 1 N–H and O–H groups in total. The summed E-state index contributed by atoms with van der Waals surface area (Å²) in [6, 6.07) is 5.04. The molecule has 116 valence electrons. The van der Waals surface area contributed by atoms with Gasteiger partial charge in [0, 0.05) is 0 Å². The Morgan fingerprint density at radius 2 is 2.14 bits per heavy atom. The van der Waals surface area contributed by atoms with Crippen molar-refractivity contribution in [1.82, 2.24) is 10.2 Å². The van der Waals surface area contributed by atoms with Gasteiger partial charge in [-0.15, -0.1) is 0 Å². The summed E-state index contributed by atoms with van der Waals surface area (Å²) < 4.78 is 30.7. The molecule has 21 heavy (non-hydrogen) atoms. The number of nitrogens with zero attached hydrogens (tertiary/aromatic N) is 1. The van der Waals surface area contributed by atoms with E-state index in [-0.39, 0.29) is 5.91 Å². The van der Waals surface area contributed by atoms with E-state index in [1.165, 1.54) is 4.90 Å². The summed E-state index contributed by atoms with van der Waals surface area (Å²) in [6.07, 6.45) is -2.49.